The first-order valence-electron chi connectivity index (χ1n) is 9.92. The zero-order chi connectivity index (χ0) is 24.2. The Bertz CT molecular complexity index is 1220. The summed E-state index contributed by atoms with van der Waals surface area (Å²) in [7, 11) is -3.79. The molecule has 10 nitrogen and oxygen atoms in total. The lowest BCUT2D eigenvalue weighted by molar-refractivity contribution is -0.113. The van der Waals surface area contributed by atoms with Crippen LogP contribution in [0.4, 0.5) is 5.69 Å². The van der Waals surface area contributed by atoms with E-state index < -0.39 is 10.0 Å². The first-order valence-corrected chi connectivity index (χ1v) is 12.4. The van der Waals surface area contributed by atoms with Gasteiger partial charge in [0, 0.05) is 5.69 Å². The molecule has 0 saturated heterocycles. The Balaban J connectivity index is 1.51. The molecule has 0 aliphatic heterocycles. The Morgan fingerprint density at radius 1 is 1.09 bits per heavy atom. The highest BCUT2D eigenvalue weighted by atomic mass is 32.2. The van der Waals surface area contributed by atoms with Gasteiger partial charge in [0.25, 0.3) is 0 Å². The molecular weight excluding hydrogens is 464 g/mol. The summed E-state index contributed by atoms with van der Waals surface area (Å²) >= 11 is 1.11. The van der Waals surface area contributed by atoms with E-state index in [2.05, 4.69) is 36.3 Å². The molecular formula is C21H26N6O4S2. The van der Waals surface area contributed by atoms with Gasteiger partial charge in [-0.1, -0.05) is 44.7 Å². The van der Waals surface area contributed by atoms with Crippen LogP contribution >= 0.6 is 11.8 Å². The van der Waals surface area contributed by atoms with Crippen molar-refractivity contribution in [2.24, 2.45) is 5.14 Å². The molecule has 33 heavy (non-hydrogen) atoms. The van der Waals surface area contributed by atoms with Crippen molar-refractivity contribution in [3.8, 4) is 5.75 Å². The number of nitrogen functional groups attached to an aromatic ring is 1. The first kappa shape index (κ1) is 24.6. The lowest BCUT2D eigenvalue weighted by atomic mass is 9.87. The minimum atomic E-state index is -3.79. The average molecular weight is 491 g/mol. The number of nitrogens with two attached hydrogens (primary N) is 2. The molecule has 0 fully saturated rings. The molecule has 5 N–H and O–H groups in total. The number of benzene rings is 2. The number of carbonyl (C=O) groups excluding carboxylic acids is 1. The van der Waals surface area contributed by atoms with E-state index in [4.69, 9.17) is 15.7 Å². The van der Waals surface area contributed by atoms with Gasteiger partial charge in [0.15, 0.2) is 5.82 Å². The number of nitrogens with zero attached hydrogens (tertiary/aromatic N) is 3. The van der Waals surface area contributed by atoms with Gasteiger partial charge >= 0.3 is 0 Å². The quantitative estimate of drug-likeness (QED) is 0.321. The van der Waals surface area contributed by atoms with Crippen molar-refractivity contribution in [3.63, 3.8) is 0 Å². The van der Waals surface area contributed by atoms with Crippen LogP contribution in [0.15, 0.2) is 58.6 Å². The van der Waals surface area contributed by atoms with E-state index in [-0.39, 0.29) is 28.6 Å². The Kier molecular flexibility index (Phi) is 7.30. The number of amides is 1. The molecule has 0 spiro atoms. The highest BCUT2D eigenvalue weighted by Crippen LogP contribution is 2.24. The van der Waals surface area contributed by atoms with Crippen molar-refractivity contribution in [3.05, 3.63) is 59.9 Å². The number of ether oxygens (including phenoxy) is 1. The van der Waals surface area contributed by atoms with Crippen LogP contribution in [0, 0.1) is 0 Å². The van der Waals surface area contributed by atoms with Crippen LogP contribution in [-0.4, -0.2) is 35.0 Å². The Labute approximate surface area is 196 Å². The normalized spacial score (nSPS) is 11.9. The molecule has 3 rings (SSSR count). The Morgan fingerprint density at radius 3 is 2.30 bits per heavy atom. The number of anilines is 1. The molecule has 1 aromatic heterocycles. The van der Waals surface area contributed by atoms with Crippen LogP contribution < -0.4 is 21.0 Å². The topological polar surface area (TPSA) is 155 Å². The summed E-state index contributed by atoms with van der Waals surface area (Å²) in [4.78, 5) is 12.2. The summed E-state index contributed by atoms with van der Waals surface area (Å²) < 4.78 is 29.6. The summed E-state index contributed by atoms with van der Waals surface area (Å²) in [5.74, 6) is 6.85. The molecule has 0 saturated carbocycles. The number of hydrogen-bond donors (Lipinski definition) is 3. The second-order valence-electron chi connectivity index (χ2n) is 8.24. The van der Waals surface area contributed by atoms with Gasteiger partial charge in [-0.05, 0) is 47.4 Å². The SMILES string of the molecule is CC(C)(C)c1ccc(OCc2nnc(SCC(=O)Nc3ccc(S(N)(=O)=O)cc3)n2N)cc1. The minimum Gasteiger partial charge on any atom is -0.486 e. The van der Waals surface area contributed by atoms with Crippen LogP contribution in [0.3, 0.4) is 0 Å². The molecule has 1 amide bonds. The van der Waals surface area contributed by atoms with Crippen molar-refractivity contribution in [2.45, 2.75) is 42.8 Å². The van der Waals surface area contributed by atoms with E-state index in [1.165, 1.54) is 34.5 Å². The predicted octanol–water partition coefficient (Wildman–Crippen LogP) is 2.25. The molecule has 0 radical (unpaired) electrons. The van der Waals surface area contributed by atoms with E-state index in [0.29, 0.717) is 22.4 Å². The van der Waals surface area contributed by atoms with Gasteiger partial charge in [0.05, 0.1) is 10.6 Å². The number of thioether (sulfide) groups is 1. The second-order valence-corrected chi connectivity index (χ2v) is 10.7. The van der Waals surface area contributed by atoms with Gasteiger partial charge in [-0.25, -0.2) is 18.2 Å². The maximum atomic E-state index is 12.2. The van der Waals surface area contributed by atoms with Crippen molar-refractivity contribution in [1.82, 2.24) is 14.9 Å². The zero-order valence-electron chi connectivity index (χ0n) is 18.5. The largest absolute Gasteiger partial charge is 0.486 e. The summed E-state index contributed by atoms with van der Waals surface area (Å²) in [5, 5.41) is 16.1. The maximum absolute atomic E-state index is 12.2. The third kappa shape index (κ3) is 6.70. The number of aromatic nitrogens is 3. The standard InChI is InChI=1S/C21H26N6O4S2/c1-21(2,3)14-4-8-16(9-5-14)31-12-18-25-26-20(27(18)22)32-13-19(28)24-15-6-10-17(11-7-15)33(23,29)30/h4-11H,12-13,22H2,1-3H3,(H,24,28)(H2,23,29,30). The van der Waals surface area contributed by atoms with Crippen molar-refractivity contribution in [2.75, 3.05) is 16.9 Å². The second kappa shape index (κ2) is 9.81. The third-order valence-corrected chi connectivity index (χ3v) is 6.49. The van der Waals surface area contributed by atoms with Crippen molar-refractivity contribution >= 4 is 33.4 Å². The summed E-state index contributed by atoms with van der Waals surface area (Å²) in [6.07, 6.45) is 0. The maximum Gasteiger partial charge on any atom is 0.238 e. The molecule has 2 aromatic carbocycles. The van der Waals surface area contributed by atoms with E-state index in [1.807, 2.05) is 24.3 Å². The zero-order valence-corrected chi connectivity index (χ0v) is 20.1. The van der Waals surface area contributed by atoms with E-state index in [1.54, 1.807) is 0 Å². The van der Waals surface area contributed by atoms with Gasteiger partial charge in [-0.15, -0.1) is 10.2 Å². The van der Waals surface area contributed by atoms with E-state index in [0.717, 1.165) is 11.8 Å². The molecule has 0 aliphatic carbocycles. The lowest BCUT2D eigenvalue weighted by Gasteiger charge is -2.19. The highest BCUT2D eigenvalue weighted by molar-refractivity contribution is 7.99. The van der Waals surface area contributed by atoms with Gasteiger partial charge in [-0.2, -0.15) is 0 Å². The highest BCUT2D eigenvalue weighted by Gasteiger charge is 2.15. The molecule has 12 heteroatoms. The predicted molar refractivity (Wildman–Crippen MR) is 127 cm³/mol. The first-order chi connectivity index (χ1) is 15.4. The molecule has 0 aliphatic rings. The fourth-order valence-corrected chi connectivity index (χ4v) is 3.95. The molecule has 0 unspecified atom stereocenters. The number of hydrogen-bond acceptors (Lipinski definition) is 8. The minimum absolute atomic E-state index is 0.0292. The molecule has 3 aromatic rings. The smallest absolute Gasteiger partial charge is 0.238 e. The van der Waals surface area contributed by atoms with Gasteiger partial charge < -0.3 is 15.9 Å². The third-order valence-electron chi connectivity index (χ3n) is 4.62. The fraction of sp³-hybridized carbons (Fsp3) is 0.286. The van der Waals surface area contributed by atoms with Gasteiger partial charge in [0.1, 0.15) is 12.4 Å². The number of primary sulfonamides is 1. The number of sulfonamides is 1. The van der Waals surface area contributed by atoms with Gasteiger partial charge in [-0.3, -0.25) is 4.79 Å². The van der Waals surface area contributed by atoms with Crippen LogP contribution in [-0.2, 0) is 26.8 Å². The van der Waals surface area contributed by atoms with E-state index in [9.17, 15) is 13.2 Å². The number of carbonyl (C=O) groups is 1. The molecule has 176 valence electrons. The molecule has 0 atom stereocenters. The molecule has 1 heterocycles. The number of rotatable bonds is 8. The van der Waals surface area contributed by atoms with E-state index >= 15 is 0 Å². The average Bonchev–Trinajstić information content (AvgIpc) is 3.09. The summed E-state index contributed by atoms with van der Waals surface area (Å²) in [6, 6.07) is 13.4. The van der Waals surface area contributed by atoms with Crippen LogP contribution in [0.2, 0.25) is 0 Å². The van der Waals surface area contributed by atoms with Crippen molar-refractivity contribution < 1.29 is 17.9 Å². The Morgan fingerprint density at radius 2 is 1.73 bits per heavy atom. The summed E-state index contributed by atoms with van der Waals surface area (Å²) in [6.45, 7) is 6.55. The fourth-order valence-electron chi connectivity index (χ4n) is 2.76. The van der Waals surface area contributed by atoms with Crippen LogP contribution in [0.5, 0.6) is 5.75 Å². The monoisotopic (exact) mass is 490 g/mol. The summed E-state index contributed by atoms with van der Waals surface area (Å²) in [5.41, 5.74) is 1.70. The van der Waals surface area contributed by atoms with Crippen molar-refractivity contribution in [1.29, 1.82) is 0 Å². The Hall–Kier alpha value is -3.09. The van der Waals surface area contributed by atoms with Crippen LogP contribution in [0.1, 0.15) is 32.2 Å². The molecule has 0 bridgehead atoms. The lowest BCUT2D eigenvalue weighted by Crippen LogP contribution is -2.18. The number of nitrogens with one attached hydrogen (secondary N) is 1. The van der Waals surface area contributed by atoms with Crippen LogP contribution in [0.25, 0.3) is 0 Å². The van der Waals surface area contributed by atoms with Gasteiger partial charge in [0.2, 0.25) is 21.1 Å².